The minimum absolute atomic E-state index is 0.117. The van der Waals surface area contributed by atoms with Gasteiger partial charge in [0.05, 0.1) is 0 Å². The van der Waals surface area contributed by atoms with Gasteiger partial charge in [-0.05, 0) is 43.4 Å². The van der Waals surface area contributed by atoms with Crippen molar-refractivity contribution in [2.45, 2.75) is 44.2 Å². The Labute approximate surface area is 161 Å². The molecule has 142 valence electrons. The van der Waals surface area contributed by atoms with Gasteiger partial charge in [-0.15, -0.1) is 0 Å². The van der Waals surface area contributed by atoms with Gasteiger partial charge in [-0.25, -0.2) is 0 Å². The maximum atomic E-state index is 13.2. The van der Waals surface area contributed by atoms with E-state index in [-0.39, 0.29) is 17.9 Å². The van der Waals surface area contributed by atoms with E-state index >= 15 is 0 Å². The predicted molar refractivity (Wildman–Crippen MR) is 104 cm³/mol. The Hall–Kier alpha value is -1.40. The lowest BCUT2D eigenvalue weighted by Crippen LogP contribution is -2.50. The fraction of sp³-hybridized carbons (Fsp3) is 0.579. The largest absolute Gasteiger partial charge is 0.353 e. The molecule has 5 nitrogen and oxygen atoms in total. The molecule has 0 spiro atoms. The fourth-order valence-corrected chi connectivity index (χ4v) is 4.77. The first kappa shape index (κ1) is 19.4. The van der Waals surface area contributed by atoms with E-state index in [0.717, 1.165) is 25.7 Å². The molecule has 3 rings (SSSR count). The summed E-state index contributed by atoms with van der Waals surface area (Å²) in [5.41, 5.74) is 0.524. The molecule has 1 aromatic carbocycles. The van der Waals surface area contributed by atoms with Crippen LogP contribution in [0, 0.1) is 5.92 Å². The van der Waals surface area contributed by atoms with E-state index in [9.17, 15) is 13.8 Å². The van der Waals surface area contributed by atoms with Crippen molar-refractivity contribution in [2.24, 2.45) is 5.92 Å². The number of hydrogen-bond donors (Lipinski definition) is 1. The predicted octanol–water partition coefficient (Wildman–Crippen LogP) is 2.61. The van der Waals surface area contributed by atoms with Crippen molar-refractivity contribution in [2.75, 3.05) is 18.6 Å². The molecule has 7 heteroatoms. The Balaban J connectivity index is 1.80. The van der Waals surface area contributed by atoms with Crippen LogP contribution in [-0.4, -0.2) is 51.6 Å². The molecule has 2 aliphatic rings. The van der Waals surface area contributed by atoms with Crippen LogP contribution < -0.4 is 5.32 Å². The van der Waals surface area contributed by atoms with Crippen LogP contribution in [0.4, 0.5) is 0 Å². The van der Waals surface area contributed by atoms with Crippen LogP contribution in [0.2, 0.25) is 5.02 Å². The van der Waals surface area contributed by atoms with E-state index < -0.39 is 16.8 Å². The molecule has 2 amide bonds. The minimum atomic E-state index is -0.951. The number of hydrogen-bond acceptors (Lipinski definition) is 3. The average Bonchev–Trinajstić information content (AvgIpc) is 3.00. The number of nitrogens with one attached hydrogen (secondary N) is 1. The Morgan fingerprint density at radius 2 is 2.08 bits per heavy atom. The highest BCUT2D eigenvalue weighted by atomic mass is 35.5. The Bertz CT molecular complexity index is 712. The number of nitrogens with zero attached hydrogens (tertiary/aromatic N) is 1. The van der Waals surface area contributed by atoms with Crippen molar-refractivity contribution >= 4 is 34.2 Å². The molecule has 0 bridgehead atoms. The fourth-order valence-electron chi connectivity index (χ4n) is 4.19. The summed E-state index contributed by atoms with van der Waals surface area (Å²) in [6.45, 7) is 0.368. The van der Waals surface area contributed by atoms with Crippen LogP contribution in [0.15, 0.2) is 24.3 Å². The van der Waals surface area contributed by atoms with Gasteiger partial charge in [0.25, 0.3) is 5.91 Å². The first-order valence-electron chi connectivity index (χ1n) is 9.13. The highest BCUT2D eigenvalue weighted by molar-refractivity contribution is 7.84. The van der Waals surface area contributed by atoms with Gasteiger partial charge in [-0.3, -0.25) is 13.8 Å². The van der Waals surface area contributed by atoms with Crippen molar-refractivity contribution in [3.8, 4) is 0 Å². The minimum Gasteiger partial charge on any atom is -0.353 e. The molecule has 26 heavy (non-hydrogen) atoms. The van der Waals surface area contributed by atoms with Gasteiger partial charge in [0.2, 0.25) is 5.91 Å². The van der Waals surface area contributed by atoms with Gasteiger partial charge in [-0.2, -0.15) is 0 Å². The van der Waals surface area contributed by atoms with Gasteiger partial charge in [0.15, 0.2) is 0 Å². The summed E-state index contributed by atoms with van der Waals surface area (Å²) in [5.74, 6) is 0.539. The molecule has 1 aromatic rings. The van der Waals surface area contributed by atoms with E-state index in [0.29, 0.717) is 35.2 Å². The summed E-state index contributed by atoms with van der Waals surface area (Å²) >= 11 is 6.05. The zero-order valence-corrected chi connectivity index (χ0v) is 16.5. The molecule has 0 aromatic heterocycles. The summed E-state index contributed by atoms with van der Waals surface area (Å²) < 4.78 is 11.2. The zero-order chi connectivity index (χ0) is 18.7. The number of benzene rings is 1. The first-order chi connectivity index (χ1) is 12.5. The average molecular weight is 397 g/mol. The molecule has 1 aliphatic heterocycles. The lowest BCUT2D eigenvalue weighted by Gasteiger charge is -2.33. The number of carbonyl (C=O) groups excluding carboxylic acids is 2. The SMILES string of the molecule is C[S@](=O)CCNC(=O)[C@H]1C[C@@H]2CCCC[C@@H]2N1C(=O)c1cccc(Cl)c1. The van der Waals surface area contributed by atoms with Crippen LogP contribution in [0.1, 0.15) is 42.5 Å². The lowest BCUT2D eigenvalue weighted by atomic mass is 9.84. The molecule has 1 N–H and O–H groups in total. The first-order valence-corrected chi connectivity index (χ1v) is 11.2. The van der Waals surface area contributed by atoms with Crippen LogP contribution >= 0.6 is 11.6 Å². The van der Waals surface area contributed by atoms with Crippen LogP contribution in [-0.2, 0) is 15.6 Å². The van der Waals surface area contributed by atoms with Gasteiger partial charge < -0.3 is 10.2 Å². The monoisotopic (exact) mass is 396 g/mol. The zero-order valence-electron chi connectivity index (χ0n) is 14.9. The molecule has 1 aliphatic carbocycles. The summed E-state index contributed by atoms with van der Waals surface area (Å²) in [6, 6.07) is 6.57. The smallest absolute Gasteiger partial charge is 0.254 e. The van der Waals surface area contributed by atoms with E-state index in [1.54, 1.807) is 35.4 Å². The lowest BCUT2D eigenvalue weighted by molar-refractivity contribution is -0.125. The molecule has 2 fully saturated rings. The molecule has 1 saturated heterocycles. The topological polar surface area (TPSA) is 66.5 Å². The van der Waals surface area contributed by atoms with E-state index in [1.807, 2.05) is 0 Å². The van der Waals surface area contributed by atoms with Crippen molar-refractivity contribution in [3.63, 3.8) is 0 Å². The number of halogens is 1. The van der Waals surface area contributed by atoms with Gasteiger partial charge >= 0.3 is 0 Å². The third kappa shape index (κ3) is 4.29. The standard InChI is InChI=1S/C19H25ClN2O3S/c1-26(25)10-9-21-18(23)17-12-13-5-2-3-8-16(13)22(17)19(24)14-6-4-7-15(20)11-14/h4,6-7,11,13,16-17H,2-3,5,8-10,12H2,1H3,(H,21,23)/t13-,16-,17+,26-/m0/s1. The Morgan fingerprint density at radius 1 is 1.31 bits per heavy atom. The molecule has 4 atom stereocenters. The van der Waals surface area contributed by atoms with Crippen molar-refractivity contribution in [1.82, 2.24) is 10.2 Å². The van der Waals surface area contributed by atoms with E-state index in [1.165, 1.54) is 0 Å². The second-order valence-electron chi connectivity index (χ2n) is 7.15. The highest BCUT2D eigenvalue weighted by Crippen LogP contribution is 2.40. The Morgan fingerprint density at radius 3 is 2.81 bits per heavy atom. The number of rotatable bonds is 5. The second kappa shape index (κ2) is 8.53. The maximum Gasteiger partial charge on any atom is 0.254 e. The van der Waals surface area contributed by atoms with Crippen molar-refractivity contribution in [1.29, 1.82) is 0 Å². The number of amides is 2. The molecule has 0 unspecified atom stereocenters. The van der Waals surface area contributed by atoms with Gasteiger partial charge in [0, 0.05) is 46.0 Å². The summed E-state index contributed by atoms with van der Waals surface area (Å²) in [4.78, 5) is 27.7. The van der Waals surface area contributed by atoms with E-state index in [2.05, 4.69) is 5.32 Å². The number of carbonyl (C=O) groups is 2. The molecular formula is C19H25ClN2O3S. The quantitative estimate of drug-likeness (QED) is 0.831. The third-order valence-corrected chi connectivity index (χ3v) is 6.40. The van der Waals surface area contributed by atoms with Crippen LogP contribution in [0.25, 0.3) is 0 Å². The normalized spacial score (nSPS) is 26.2. The van der Waals surface area contributed by atoms with Crippen molar-refractivity contribution in [3.05, 3.63) is 34.9 Å². The molecule has 1 heterocycles. The second-order valence-corrected chi connectivity index (χ2v) is 9.15. The van der Waals surface area contributed by atoms with Crippen LogP contribution in [0.5, 0.6) is 0 Å². The number of fused-ring (bicyclic) bond motifs is 1. The maximum absolute atomic E-state index is 13.2. The summed E-state index contributed by atoms with van der Waals surface area (Å²) in [7, 11) is -0.951. The highest BCUT2D eigenvalue weighted by Gasteiger charge is 2.47. The van der Waals surface area contributed by atoms with Crippen LogP contribution in [0.3, 0.4) is 0 Å². The Kier molecular flexibility index (Phi) is 6.35. The molecule has 1 saturated carbocycles. The van der Waals surface area contributed by atoms with Gasteiger partial charge in [0.1, 0.15) is 6.04 Å². The molecule has 0 radical (unpaired) electrons. The van der Waals surface area contributed by atoms with Crippen molar-refractivity contribution < 1.29 is 13.8 Å². The summed E-state index contributed by atoms with van der Waals surface area (Å²) in [6.07, 6.45) is 6.57. The van der Waals surface area contributed by atoms with E-state index in [4.69, 9.17) is 11.6 Å². The third-order valence-electron chi connectivity index (χ3n) is 5.39. The molecular weight excluding hydrogens is 372 g/mol. The van der Waals surface area contributed by atoms with Gasteiger partial charge in [-0.1, -0.05) is 30.5 Å². The number of likely N-dealkylation sites (tertiary alicyclic amines) is 1. The summed E-state index contributed by atoms with van der Waals surface area (Å²) in [5, 5.41) is 3.38.